The van der Waals surface area contributed by atoms with E-state index in [4.69, 9.17) is 4.98 Å². The van der Waals surface area contributed by atoms with Crippen LogP contribution >= 0.6 is 0 Å². The van der Waals surface area contributed by atoms with Crippen molar-refractivity contribution in [1.82, 2.24) is 24.6 Å². The second kappa shape index (κ2) is 5.96. The fourth-order valence-corrected chi connectivity index (χ4v) is 3.47. The summed E-state index contributed by atoms with van der Waals surface area (Å²) in [5, 5.41) is 14.0. The van der Waals surface area contributed by atoms with E-state index in [9.17, 15) is 5.11 Å². The Hall–Kier alpha value is -2.31. The highest BCUT2D eigenvalue weighted by Gasteiger charge is 2.24. The van der Waals surface area contributed by atoms with Gasteiger partial charge in [0.2, 0.25) is 0 Å². The maximum Gasteiger partial charge on any atom is 0.0926 e. The number of hydrogen-bond acceptors (Lipinski definition) is 5. The fraction of sp³-hybridized carbons (Fsp3) is 0.389. The highest BCUT2D eigenvalue weighted by Crippen LogP contribution is 2.24. The van der Waals surface area contributed by atoms with Crippen LogP contribution in [0, 0.1) is 6.92 Å². The first-order valence-corrected chi connectivity index (χ1v) is 8.25. The van der Waals surface area contributed by atoms with Gasteiger partial charge in [0.1, 0.15) is 0 Å². The lowest BCUT2D eigenvalue weighted by Gasteiger charge is -2.27. The number of aromatic nitrogens is 4. The van der Waals surface area contributed by atoms with Crippen molar-refractivity contribution in [2.45, 2.75) is 33.0 Å². The Labute approximate surface area is 140 Å². The summed E-state index contributed by atoms with van der Waals surface area (Å²) in [4.78, 5) is 11.8. The maximum absolute atomic E-state index is 9.53. The van der Waals surface area contributed by atoms with E-state index in [2.05, 4.69) is 15.0 Å². The molecule has 6 nitrogen and oxygen atoms in total. The first-order chi connectivity index (χ1) is 11.7. The van der Waals surface area contributed by atoms with Crippen LogP contribution in [0.1, 0.15) is 28.3 Å². The molecule has 0 saturated carbocycles. The van der Waals surface area contributed by atoms with Crippen molar-refractivity contribution in [2.24, 2.45) is 7.05 Å². The number of nitrogens with zero attached hydrogens (tertiary/aromatic N) is 5. The van der Waals surface area contributed by atoms with E-state index in [-0.39, 0.29) is 6.61 Å². The number of fused-ring (bicyclic) bond motifs is 2. The van der Waals surface area contributed by atoms with Gasteiger partial charge in [0.05, 0.1) is 34.7 Å². The molecule has 0 fully saturated rings. The molecule has 0 radical (unpaired) electrons. The molecule has 124 valence electrons. The molecule has 3 aromatic rings. The molecule has 0 atom stereocenters. The lowest BCUT2D eigenvalue weighted by molar-refractivity contribution is 0.233. The van der Waals surface area contributed by atoms with Gasteiger partial charge in [-0.25, -0.2) is 9.97 Å². The molecule has 6 heteroatoms. The quantitative estimate of drug-likeness (QED) is 0.795. The van der Waals surface area contributed by atoms with Crippen molar-refractivity contribution in [3.05, 3.63) is 52.6 Å². The molecule has 0 saturated heterocycles. The third-order valence-electron chi connectivity index (χ3n) is 4.77. The van der Waals surface area contributed by atoms with E-state index in [1.165, 1.54) is 5.69 Å². The molecule has 0 bridgehead atoms. The van der Waals surface area contributed by atoms with Crippen LogP contribution in [0.5, 0.6) is 0 Å². The van der Waals surface area contributed by atoms with Crippen LogP contribution in [0.3, 0.4) is 0 Å². The summed E-state index contributed by atoms with van der Waals surface area (Å²) in [5.41, 5.74) is 7.06. The Kier molecular flexibility index (Phi) is 3.78. The molecule has 1 N–H and O–H groups in total. The summed E-state index contributed by atoms with van der Waals surface area (Å²) >= 11 is 0. The van der Waals surface area contributed by atoms with Crippen LogP contribution in [0.25, 0.3) is 11.0 Å². The van der Waals surface area contributed by atoms with Crippen LogP contribution in [0.15, 0.2) is 24.3 Å². The number of benzene rings is 1. The minimum absolute atomic E-state index is 0.00811. The van der Waals surface area contributed by atoms with Gasteiger partial charge in [-0.15, -0.1) is 0 Å². The Morgan fingerprint density at radius 3 is 2.62 bits per heavy atom. The molecule has 3 heterocycles. The normalized spacial score (nSPS) is 15.0. The van der Waals surface area contributed by atoms with Gasteiger partial charge in [0, 0.05) is 44.4 Å². The number of para-hydroxylation sites is 2. The molecular formula is C18H21N5O. The number of aliphatic hydroxyl groups is 1. The Bertz CT molecular complexity index is 902. The topological polar surface area (TPSA) is 67.1 Å². The van der Waals surface area contributed by atoms with E-state index < -0.39 is 0 Å². The predicted octanol–water partition coefficient (Wildman–Crippen LogP) is 1.72. The van der Waals surface area contributed by atoms with Gasteiger partial charge in [0.25, 0.3) is 0 Å². The lowest BCUT2D eigenvalue weighted by Crippen LogP contribution is -2.31. The number of aryl methyl sites for hydroxylation is 2. The molecule has 0 unspecified atom stereocenters. The summed E-state index contributed by atoms with van der Waals surface area (Å²) in [6, 6.07) is 7.98. The molecule has 0 amide bonds. The summed E-state index contributed by atoms with van der Waals surface area (Å²) in [6.07, 6.45) is 0.943. The van der Waals surface area contributed by atoms with Crippen molar-refractivity contribution in [2.75, 3.05) is 6.54 Å². The van der Waals surface area contributed by atoms with Crippen LogP contribution in [0.2, 0.25) is 0 Å². The second-order valence-electron chi connectivity index (χ2n) is 6.36. The number of aliphatic hydroxyl groups excluding tert-OH is 1. The van der Waals surface area contributed by atoms with E-state index in [1.807, 2.05) is 42.9 Å². The van der Waals surface area contributed by atoms with Gasteiger partial charge in [-0.1, -0.05) is 12.1 Å². The minimum atomic E-state index is -0.00811. The monoisotopic (exact) mass is 323 g/mol. The van der Waals surface area contributed by atoms with Crippen molar-refractivity contribution in [1.29, 1.82) is 0 Å². The molecule has 0 spiro atoms. The Morgan fingerprint density at radius 1 is 1.12 bits per heavy atom. The van der Waals surface area contributed by atoms with Gasteiger partial charge in [-0.3, -0.25) is 9.58 Å². The van der Waals surface area contributed by atoms with Crippen molar-refractivity contribution < 1.29 is 5.11 Å². The Balaban J connectivity index is 1.61. The van der Waals surface area contributed by atoms with Crippen molar-refractivity contribution >= 4 is 11.0 Å². The lowest BCUT2D eigenvalue weighted by atomic mass is 10.0. The van der Waals surface area contributed by atoms with Crippen LogP contribution < -0.4 is 0 Å². The molecule has 2 aromatic heterocycles. The third kappa shape index (κ3) is 2.57. The maximum atomic E-state index is 9.53. The summed E-state index contributed by atoms with van der Waals surface area (Å²) < 4.78 is 1.90. The molecule has 4 rings (SSSR count). The zero-order chi connectivity index (χ0) is 16.7. The first kappa shape index (κ1) is 15.2. The van der Waals surface area contributed by atoms with E-state index >= 15 is 0 Å². The van der Waals surface area contributed by atoms with Gasteiger partial charge in [0.15, 0.2) is 0 Å². The van der Waals surface area contributed by atoms with E-state index in [0.29, 0.717) is 0 Å². The Morgan fingerprint density at radius 2 is 1.88 bits per heavy atom. The minimum Gasteiger partial charge on any atom is -0.390 e. The number of rotatable bonds is 3. The fourth-order valence-electron chi connectivity index (χ4n) is 3.47. The third-order valence-corrected chi connectivity index (χ3v) is 4.77. The van der Waals surface area contributed by atoms with Crippen molar-refractivity contribution in [3.8, 4) is 0 Å². The summed E-state index contributed by atoms with van der Waals surface area (Å²) in [7, 11) is 1.95. The zero-order valence-electron chi connectivity index (χ0n) is 14.0. The first-order valence-electron chi connectivity index (χ1n) is 8.25. The summed E-state index contributed by atoms with van der Waals surface area (Å²) in [5.74, 6) is 0. The highest BCUT2D eigenvalue weighted by atomic mass is 16.3. The van der Waals surface area contributed by atoms with E-state index in [0.717, 1.165) is 59.7 Å². The van der Waals surface area contributed by atoms with Crippen LogP contribution in [-0.4, -0.2) is 36.3 Å². The number of hydrogen-bond donors (Lipinski definition) is 1. The molecule has 1 aliphatic rings. The largest absolute Gasteiger partial charge is 0.390 e. The van der Waals surface area contributed by atoms with Gasteiger partial charge >= 0.3 is 0 Å². The van der Waals surface area contributed by atoms with Gasteiger partial charge in [-0.2, -0.15) is 5.10 Å². The second-order valence-corrected chi connectivity index (χ2v) is 6.36. The van der Waals surface area contributed by atoms with Crippen LogP contribution in [0.4, 0.5) is 0 Å². The SMILES string of the molecule is Cc1nc2ccccc2nc1CN1CCc2c(c(CO)nn2C)C1. The smallest absolute Gasteiger partial charge is 0.0926 e. The standard InChI is InChI=1S/C18H21N5O/c1-12-16(20-15-6-4-3-5-14(15)19-12)10-23-8-7-18-13(9-23)17(11-24)21-22(18)2/h3-6,24H,7-11H2,1-2H3. The summed E-state index contributed by atoms with van der Waals surface area (Å²) in [6.45, 7) is 4.54. The molecule has 0 aliphatic carbocycles. The van der Waals surface area contributed by atoms with E-state index in [1.54, 1.807) is 0 Å². The highest BCUT2D eigenvalue weighted by molar-refractivity contribution is 5.74. The molecular weight excluding hydrogens is 302 g/mol. The average Bonchev–Trinajstić information content (AvgIpc) is 2.91. The molecule has 24 heavy (non-hydrogen) atoms. The molecule has 1 aromatic carbocycles. The average molecular weight is 323 g/mol. The molecule has 1 aliphatic heterocycles. The van der Waals surface area contributed by atoms with Gasteiger partial charge in [-0.05, 0) is 19.1 Å². The van der Waals surface area contributed by atoms with Crippen molar-refractivity contribution in [3.63, 3.8) is 0 Å². The van der Waals surface area contributed by atoms with Crippen LogP contribution in [-0.2, 0) is 33.2 Å². The van der Waals surface area contributed by atoms with Gasteiger partial charge < -0.3 is 5.11 Å². The predicted molar refractivity (Wildman–Crippen MR) is 91.2 cm³/mol. The zero-order valence-corrected chi connectivity index (χ0v) is 14.0.